The number of benzene rings is 1. The Bertz CT molecular complexity index is 481. The fourth-order valence-electron chi connectivity index (χ4n) is 2.98. The first-order valence-corrected chi connectivity index (χ1v) is 7.30. The number of carbonyl (C=O) groups is 1. The largest absolute Gasteiger partial charge is 0.324 e. The van der Waals surface area contributed by atoms with Crippen LogP contribution in [0.4, 0.5) is 10.1 Å². The molecule has 0 saturated heterocycles. The Morgan fingerprint density at radius 2 is 2.00 bits per heavy atom. The van der Waals surface area contributed by atoms with E-state index in [1.165, 1.54) is 12.5 Å². The Morgan fingerprint density at radius 3 is 2.65 bits per heavy atom. The summed E-state index contributed by atoms with van der Waals surface area (Å²) in [5, 5.41) is 6.01. The van der Waals surface area contributed by atoms with Crippen molar-refractivity contribution in [2.45, 2.75) is 51.0 Å². The van der Waals surface area contributed by atoms with Gasteiger partial charge in [0.1, 0.15) is 5.82 Å². The van der Waals surface area contributed by atoms with Gasteiger partial charge in [0, 0.05) is 12.0 Å². The van der Waals surface area contributed by atoms with Crippen LogP contribution in [0, 0.1) is 12.7 Å². The second kappa shape index (κ2) is 6.35. The third-order valence-corrected chi connectivity index (χ3v) is 4.24. The molecule has 1 saturated carbocycles. The van der Waals surface area contributed by atoms with Crippen molar-refractivity contribution in [2.24, 2.45) is 0 Å². The zero-order valence-electron chi connectivity index (χ0n) is 12.3. The number of amides is 1. The first-order chi connectivity index (χ1) is 9.54. The van der Waals surface area contributed by atoms with Crippen LogP contribution in [0.15, 0.2) is 18.2 Å². The van der Waals surface area contributed by atoms with E-state index in [-0.39, 0.29) is 23.0 Å². The molecule has 2 rings (SSSR count). The van der Waals surface area contributed by atoms with Gasteiger partial charge in [0.05, 0.1) is 5.69 Å². The highest BCUT2D eigenvalue weighted by atomic mass is 19.1. The molecule has 0 atom stereocenters. The number of carbonyl (C=O) groups excluding carboxylic acids is 1. The quantitative estimate of drug-likeness (QED) is 0.886. The van der Waals surface area contributed by atoms with Crippen LogP contribution < -0.4 is 10.6 Å². The van der Waals surface area contributed by atoms with Crippen LogP contribution in [0.5, 0.6) is 0 Å². The molecular formula is C16H23FN2O. The minimum Gasteiger partial charge on any atom is -0.324 e. The van der Waals surface area contributed by atoms with Gasteiger partial charge in [-0.25, -0.2) is 4.39 Å². The molecule has 3 nitrogen and oxygen atoms in total. The zero-order valence-corrected chi connectivity index (χ0v) is 12.3. The van der Waals surface area contributed by atoms with Crippen molar-refractivity contribution in [2.75, 3.05) is 12.4 Å². The van der Waals surface area contributed by atoms with E-state index in [1.54, 1.807) is 12.1 Å². The Kier molecular flexibility index (Phi) is 4.76. The molecule has 1 aromatic carbocycles. The van der Waals surface area contributed by atoms with Crippen molar-refractivity contribution in [3.63, 3.8) is 0 Å². The highest BCUT2D eigenvalue weighted by molar-refractivity contribution is 5.91. The molecule has 4 heteroatoms. The molecule has 0 spiro atoms. The molecular weight excluding hydrogens is 255 g/mol. The maximum atomic E-state index is 13.7. The van der Waals surface area contributed by atoms with Gasteiger partial charge in [-0.3, -0.25) is 4.79 Å². The van der Waals surface area contributed by atoms with Crippen molar-refractivity contribution in [3.05, 3.63) is 29.6 Å². The lowest BCUT2D eigenvalue weighted by Gasteiger charge is -2.36. The highest BCUT2D eigenvalue weighted by Gasteiger charge is 2.32. The van der Waals surface area contributed by atoms with Gasteiger partial charge in [0.2, 0.25) is 5.91 Å². The van der Waals surface area contributed by atoms with E-state index in [1.807, 2.05) is 14.0 Å². The summed E-state index contributed by atoms with van der Waals surface area (Å²) in [6.45, 7) is 1.88. The monoisotopic (exact) mass is 278 g/mol. The molecule has 0 aromatic heterocycles. The lowest BCUT2D eigenvalue weighted by molar-refractivity contribution is -0.118. The van der Waals surface area contributed by atoms with E-state index in [2.05, 4.69) is 10.6 Å². The van der Waals surface area contributed by atoms with Gasteiger partial charge in [-0.1, -0.05) is 25.3 Å². The van der Waals surface area contributed by atoms with Gasteiger partial charge in [0.25, 0.3) is 0 Å². The summed E-state index contributed by atoms with van der Waals surface area (Å²) >= 11 is 0. The number of hydrogen-bond donors (Lipinski definition) is 2. The third kappa shape index (κ3) is 3.57. The van der Waals surface area contributed by atoms with E-state index in [0.717, 1.165) is 31.2 Å². The normalized spacial score (nSPS) is 17.8. The highest BCUT2D eigenvalue weighted by Crippen LogP contribution is 2.31. The first-order valence-electron chi connectivity index (χ1n) is 7.30. The minimum absolute atomic E-state index is 0.120. The van der Waals surface area contributed by atoms with Crippen LogP contribution in [0.1, 0.15) is 44.1 Å². The van der Waals surface area contributed by atoms with Crippen molar-refractivity contribution in [1.29, 1.82) is 0 Å². The van der Waals surface area contributed by atoms with E-state index in [4.69, 9.17) is 0 Å². The minimum atomic E-state index is -0.383. The van der Waals surface area contributed by atoms with Gasteiger partial charge in [0.15, 0.2) is 0 Å². The number of hydrogen-bond acceptors (Lipinski definition) is 2. The molecule has 20 heavy (non-hydrogen) atoms. The maximum Gasteiger partial charge on any atom is 0.226 e. The van der Waals surface area contributed by atoms with Crippen LogP contribution in [0.3, 0.4) is 0 Å². The lowest BCUT2D eigenvalue weighted by atomic mass is 9.79. The second-order valence-electron chi connectivity index (χ2n) is 5.80. The topological polar surface area (TPSA) is 41.1 Å². The number of halogens is 1. The van der Waals surface area contributed by atoms with Crippen LogP contribution in [-0.2, 0) is 4.79 Å². The molecule has 0 heterocycles. The molecule has 0 radical (unpaired) electrons. The number of nitrogens with one attached hydrogen (secondary N) is 2. The van der Waals surface area contributed by atoms with Crippen molar-refractivity contribution >= 4 is 11.6 Å². The summed E-state index contributed by atoms with van der Waals surface area (Å²) in [6, 6.07) is 4.75. The summed E-state index contributed by atoms with van der Waals surface area (Å²) in [7, 11) is 1.91. The Balaban J connectivity index is 2.02. The van der Waals surface area contributed by atoms with Crippen molar-refractivity contribution in [1.82, 2.24) is 5.32 Å². The summed E-state index contributed by atoms with van der Waals surface area (Å²) in [5.74, 6) is -0.503. The molecule has 1 aromatic rings. The molecule has 0 unspecified atom stereocenters. The summed E-state index contributed by atoms with van der Waals surface area (Å²) in [6.07, 6.45) is 5.94. The summed E-state index contributed by atoms with van der Waals surface area (Å²) in [4.78, 5) is 12.2. The van der Waals surface area contributed by atoms with E-state index >= 15 is 0 Å². The van der Waals surface area contributed by atoms with Gasteiger partial charge >= 0.3 is 0 Å². The van der Waals surface area contributed by atoms with Crippen molar-refractivity contribution in [3.8, 4) is 0 Å². The van der Waals surface area contributed by atoms with Crippen LogP contribution in [-0.4, -0.2) is 18.5 Å². The number of rotatable bonds is 4. The Morgan fingerprint density at radius 1 is 1.30 bits per heavy atom. The molecule has 110 valence electrons. The van der Waals surface area contributed by atoms with E-state index in [9.17, 15) is 9.18 Å². The number of anilines is 1. The van der Waals surface area contributed by atoms with E-state index in [0.29, 0.717) is 6.42 Å². The molecule has 1 fully saturated rings. The van der Waals surface area contributed by atoms with Crippen LogP contribution in [0.25, 0.3) is 0 Å². The lowest BCUT2D eigenvalue weighted by Crippen LogP contribution is -2.47. The fourth-order valence-corrected chi connectivity index (χ4v) is 2.98. The molecule has 0 bridgehead atoms. The smallest absolute Gasteiger partial charge is 0.226 e. The number of aryl methyl sites for hydroxylation is 1. The maximum absolute atomic E-state index is 13.7. The van der Waals surface area contributed by atoms with Gasteiger partial charge < -0.3 is 10.6 Å². The third-order valence-electron chi connectivity index (χ3n) is 4.24. The summed E-state index contributed by atoms with van der Waals surface area (Å²) in [5.41, 5.74) is 1.09. The average molecular weight is 278 g/mol. The molecule has 1 aliphatic rings. The summed E-state index contributed by atoms with van der Waals surface area (Å²) < 4.78 is 13.7. The van der Waals surface area contributed by atoms with Gasteiger partial charge in [-0.2, -0.15) is 0 Å². The van der Waals surface area contributed by atoms with Crippen LogP contribution in [0.2, 0.25) is 0 Å². The standard InChI is InChI=1S/C16H23FN2O/c1-12-6-7-13(17)14(10-12)19-15(20)11-16(18-2)8-4-3-5-9-16/h6-7,10,18H,3-5,8-9,11H2,1-2H3,(H,19,20). The van der Waals surface area contributed by atoms with Gasteiger partial charge in [-0.05, 0) is 44.5 Å². The molecule has 0 aliphatic heterocycles. The Hall–Kier alpha value is -1.42. The Labute approximate surface area is 120 Å². The van der Waals surface area contributed by atoms with Crippen LogP contribution >= 0.6 is 0 Å². The SMILES string of the molecule is CNC1(CC(=O)Nc2cc(C)ccc2F)CCCCC1. The molecule has 1 amide bonds. The molecule has 2 N–H and O–H groups in total. The average Bonchev–Trinajstić information content (AvgIpc) is 2.44. The zero-order chi connectivity index (χ0) is 14.6. The second-order valence-corrected chi connectivity index (χ2v) is 5.80. The first kappa shape index (κ1) is 15.0. The molecule has 1 aliphatic carbocycles. The fraction of sp³-hybridized carbons (Fsp3) is 0.562. The predicted molar refractivity (Wildman–Crippen MR) is 79.3 cm³/mol. The van der Waals surface area contributed by atoms with E-state index < -0.39 is 0 Å². The van der Waals surface area contributed by atoms with Gasteiger partial charge in [-0.15, -0.1) is 0 Å². The van der Waals surface area contributed by atoms with Crippen molar-refractivity contribution < 1.29 is 9.18 Å². The predicted octanol–water partition coefficient (Wildman–Crippen LogP) is 3.39.